The van der Waals surface area contributed by atoms with Crippen LogP contribution in [0.5, 0.6) is 0 Å². The minimum absolute atomic E-state index is 0.317. The Bertz CT molecular complexity index is 405. The second-order valence-corrected chi connectivity index (χ2v) is 10.3. The number of fused-ring (bicyclic) bond motifs is 1. The van der Waals surface area contributed by atoms with E-state index in [1.165, 1.54) is 4.31 Å². The number of carbonyl (C=O) groups is 1. The van der Waals surface area contributed by atoms with Crippen molar-refractivity contribution >= 4 is 47.7 Å². The van der Waals surface area contributed by atoms with E-state index in [-0.39, 0.29) is 5.78 Å². The van der Waals surface area contributed by atoms with Crippen molar-refractivity contribution in [2.45, 2.75) is 27.9 Å². The predicted molar refractivity (Wildman–Crippen MR) is 58.9 cm³/mol. The Morgan fingerprint density at radius 1 is 1.43 bits per heavy atom. The highest BCUT2D eigenvalue weighted by atomic mass is 79.9. The van der Waals surface area contributed by atoms with Crippen molar-refractivity contribution in [2.75, 3.05) is 6.54 Å². The summed E-state index contributed by atoms with van der Waals surface area (Å²) in [4.78, 5) is 11.9. The topological polar surface area (TPSA) is 54.5 Å². The molecule has 7 heteroatoms. The number of sulfonamides is 1. The summed E-state index contributed by atoms with van der Waals surface area (Å²) in [6.45, 7) is 2.12. The molecule has 2 aliphatic rings. The van der Waals surface area contributed by atoms with Crippen LogP contribution in [-0.4, -0.2) is 33.2 Å². The van der Waals surface area contributed by atoms with Crippen molar-refractivity contribution in [3.05, 3.63) is 0 Å². The fourth-order valence-corrected chi connectivity index (χ4v) is 5.83. The van der Waals surface area contributed by atoms with E-state index in [1.54, 1.807) is 6.92 Å². The van der Waals surface area contributed by atoms with Crippen LogP contribution < -0.4 is 0 Å². The summed E-state index contributed by atoms with van der Waals surface area (Å²) in [7, 11) is -3.59. The van der Waals surface area contributed by atoms with Crippen molar-refractivity contribution in [2.24, 2.45) is 0 Å². The van der Waals surface area contributed by atoms with E-state index >= 15 is 0 Å². The van der Waals surface area contributed by atoms with E-state index in [0.717, 1.165) is 6.42 Å². The Labute approximate surface area is 99.3 Å². The molecule has 0 aromatic heterocycles. The van der Waals surface area contributed by atoms with E-state index in [0.29, 0.717) is 13.0 Å². The molecule has 14 heavy (non-hydrogen) atoms. The van der Waals surface area contributed by atoms with Crippen molar-refractivity contribution in [3.63, 3.8) is 0 Å². The summed E-state index contributed by atoms with van der Waals surface area (Å²) < 4.78 is 23.5. The number of halogens is 2. The number of alkyl halides is 2. The summed E-state index contributed by atoms with van der Waals surface area (Å²) in [5, 5.41) is 0. The van der Waals surface area contributed by atoms with Crippen LogP contribution in [0.15, 0.2) is 0 Å². The lowest BCUT2D eigenvalue weighted by Gasteiger charge is -2.22. The molecule has 0 amide bonds. The third kappa shape index (κ3) is 1.02. The Hall–Kier alpha value is 0.540. The summed E-state index contributed by atoms with van der Waals surface area (Å²) in [5.41, 5.74) is -0.855. The molecule has 4 nitrogen and oxygen atoms in total. The molecule has 0 spiro atoms. The predicted octanol–water partition coefficient (Wildman–Crippen LogP) is 1.20. The zero-order valence-corrected chi connectivity index (χ0v) is 11.4. The van der Waals surface area contributed by atoms with Gasteiger partial charge in [-0.3, -0.25) is 4.79 Å². The molecule has 0 aromatic rings. The zero-order valence-electron chi connectivity index (χ0n) is 7.46. The lowest BCUT2D eigenvalue weighted by atomic mass is 9.96. The average molecular weight is 347 g/mol. The van der Waals surface area contributed by atoms with Crippen LogP contribution in [0.25, 0.3) is 0 Å². The fraction of sp³-hybridized carbons (Fsp3) is 0.857. The van der Waals surface area contributed by atoms with Crippen LogP contribution in [0.2, 0.25) is 0 Å². The third-order valence-electron chi connectivity index (χ3n) is 2.94. The highest BCUT2D eigenvalue weighted by molar-refractivity contribution is 9.28. The van der Waals surface area contributed by atoms with Gasteiger partial charge >= 0.3 is 0 Å². The fourth-order valence-electron chi connectivity index (χ4n) is 2.12. The first-order valence-corrected chi connectivity index (χ1v) is 7.22. The molecule has 0 saturated carbocycles. The Morgan fingerprint density at radius 2 is 2.00 bits per heavy atom. The molecule has 0 bridgehead atoms. The second-order valence-electron chi connectivity index (χ2n) is 3.80. The largest absolute Gasteiger partial charge is 0.294 e. The SMILES string of the molecule is CC12CCCN1S(=O)(=O)C(Br)(Br)C2=O. The van der Waals surface area contributed by atoms with Gasteiger partial charge in [0, 0.05) is 6.54 Å². The molecule has 2 saturated heterocycles. The maximum atomic E-state index is 11.9. The minimum Gasteiger partial charge on any atom is -0.294 e. The first-order chi connectivity index (χ1) is 6.24. The molecule has 1 unspecified atom stereocenters. The molecule has 0 N–H and O–H groups in total. The van der Waals surface area contributed by atoms with Crippen LogP contribution in [0.3, 0.4) is 0 Å². The molecule has 0 radical (unpaired) electrons. The summed E-state index contributed by atoms with van der Waals surface area (Å²) in [6.07, 6.45) is 1.35. The summed E-state index contributed by atoms with van der Waals surface area (Å²) in [6, 6.07) is 0. The third-order valence-corrected chi connectivity index (χ3v) is 8.12. The molecule has 0 aromatic carbocycles. The number of ketones is 1. The van der Waals surface area contributed by atoms with Gasteiger partial charge in [0.15, 0.2) is 5.78 Å². The maximum Gasteiger partial charge on any atom is 0.254 e. The Balaban J connectivity index is 2.66. The Kier molecular flexibility index (Phi) is 2.21. The van der Waals surface area contributed by atoms with Gasteiger partial charge in [-0.15, -0.1) is 0 Å². The van der Waals surface area contributed by atoms with Crippen LogP contribution in [0.1, 0.15) is 19.8 Å². The standard InChI is InChI=1S/C7H9Br2NO3S/c1-6-3-2-4-10(6)14(12,13)7(8,9)5(6)11/h2-4H2,1H3. The van der Waals surface area contributed by atoms with Gasteiger partial charge in [-0.1, -0.05) is 0 Å². The first kappa shape index (κ1) is 11.0. The number of hydrogen-bond donors (Lipinski definition) is 0. The van der Waals surface area contributed by atoms with Gasteiger partial charge in [0.05, 0.1) is 5.54 Å². The lowest BCUT2D eigenvalue weighted by Crippen LogP contribution is -2.41. The van der Waals surface area contributed by atoms with Gasteiger partial charge in [-0.2, -0.15) is 4.31 Å². The van der Waals surface area contributed by atoms with Crippen molar-refractivity contribution < 1.29 is 13.2 Å². The van der Waals surface area contributed by atoms with Crippen LogP contribution in [-0.2, 0) is 14.8 Å². The van der Waals surface area contributed by atoms with Crippen LogP contribution in [0, 0.1) is 0 Å². The average Bonchev–Trinajstić information content (AvgIpc) is 2.50. The van der Waals surface area contributed by atoms with Gasteiger partial charge in [-0.25, -0.2) is 8.42 Å². The number of carbonyl (C=O) groups excluding carboxylic acids is 1. The molecule has 2 fully saturated rings. The zero-order chi connectivity index (χ0) is 10.8. The number of Topliss-reactive ketones (excluding diaryl/α,β-unsaturated/α-hetero) is 1. The second kappa shape index (κ2) is 2.81. The van der Waals surface area contributed by atoms with E-state index in [4.69, 9.17) is 0 Å². The molecular weight excluding hydrogens is 338 g/mol. The molecule has 2 heterocycles. The number of hydrogen-bond acceptors (Lipinski definition) is 3. The van der Waals surface area contributed by atoms with Crippen LogP contribution >= 0.6 is 31.9 Å². The normalized spacial score (nSPS) is 40.1. The van der Waals surface area contributed by atoms with Crippen molar-refractivity contribution in [3.8, 4) is 0 Å². The maximum absolute atomic E-state index is 11.9. The molecule has 1 atom stereocenters. The van der Waals surface area contributed by atoms with E-state index < -0.39 is 18.1 Å². The number of rotatable bonds is 0. The quantitative estimate of drug-likeness (QED) is 0.619. The highest BCUT2D eigenvalue weighted by Crippen LogP contribution is 2.52. The summed E-state index contributed by atoms with van der Waals surface area (Å²) in [5.74, 6) is -0.317. The Morgan fingerprint density at radius 3 is 2.50 bits per heavy atom. The molecule has 80 valence electrons. The lowest BCUT2D eigenvalue weighted by molar-refractivity contribution is -0.123. The van der Waals surface area contributed by atoms with Gasteiger partial charge in [-0.05, 0) is 51.6 Å². The molecule has 2 aliphatic heterocycles. The monoisotopic (exact) mass is 345 g/mol. The minimum atomic E-state index is -3.59. The van der Waals surface area contributed by atoms with Crippen LogP contribution in [0.4, 0.5) is 0 Å². The van der Waals surface area contributed by atoms with Gasteiger partial charge in [0.2, 0.25) is 10.0 Å². The molecule has 2 rings (SSSR count). The summed E-state index contributed by atoms with van der Waals surface area (Å²) >= 11 is 5.92. The number of nitrogens with zero attached hydrogens (tertiary/aromatic N) is 1. The molecule has 0 aliphatic carbocycles. The van der Waals surface area contributed by atoms with E-state index in [1.807, 2.05) is 0 Å². The highest BCUT2D eigenvalue weighted by Gasteiger charge is 2.68. The van der Waals surface area contributed by atoms with Crippen molar-refractivity contribution in [1.82, 2.24) is 4.31 Å². The van der Waals surface area contributed by atoms with Gasteiger partial charge < -0.3 is 0 Å². The first-order valence-electron chi connectivity index (χ1n) is 4.20. The smallest absolute Gasteiger partial charge is 0.254 e. The van der Waals surface area contributed by atoms with E-state index in [9.17, 15) is 13.2 Å². The van der Waals surface area contributed by atoms with Gasteiger partial charge in [0.25, 0.3) is 2.57 Å². The van der Waals surface area contributed by atoms with Gasteiger partial charge in [0.1, 0.15) is 0 Å². The van der Waals surface area contributed by atoms with Crippen molar-refractivity contribution in [1.29, 1.82) is 0 Å². The van der Waals surface area contributed by atoms with E-state index in [2.05, 4.69) is 31.9 Å². The molecular formula is C7H9Br2NO3S.